The summed E-state index contributed by atoms with van der Waals surface area (Å²) in [5.74, 6) is -1.60. The predicted octanol–water partition coefficient (Wildman–Crippen LogP) is 21.2. The molecule has 0 bridgehead atoms. The summed E-state index contributed by atoms with van der Waals surface area (Å²) in [6, 6.07) is 0. The van der Waals surface area contributed by atoms with Crippen LogP contribution < -0.4 is 0 Å². The summed E-state index contributed by atoms with van der Waals surface area (Å²) in [5, 5.41) is 20.6. The minimum atomic E-state index is -4.93. The summed E-state index contributed by atoms with van der Waals surface area (Å²) in [7, 11) is -9.79. The van der Waals surface area contributed by atoms with Crippen molar-refractivity contribution in [2.75, 3.05) is 39.6 Å². The van der Waals surface area contributed by atoms with Gasteiger partial charge in [-0.1, -0.05) is 291 Å². The summed E-state index contributed by atoms with van der Waals surface area (Å²) in [6.07, 6.45) is 79.9. The zero-order valence-electron chi connectivity index (χ0n) is 59.6. The highest BCUT2D eigenvalue weighted by molar-refractivity contribution is 7.47. The van der Waals surface area contributed by atoms with Crippen LogP contribution in [-0.2, 0) is 55.8 Å². The Morgan fingerprint density at radius 3 is 0.884 bits per heavy atom. The number of phosphoric acid groups is 2. The molecule has 0 saturated heterocycles. The molecule has 0 saturated carbocycles. The van der Waals surface area contributed by atoms with E-state index in [0.717, 1.165) is 135 Å². The minimum absolute atomic E-state index is 0.102. The lowest BCUT2D eigenvalue weighted by Gasteiger charge is -2.21. The van der Waals surface area contributed by atoms with Crippen LogP contribution in [0.3, 0.4) is 0 Å². The molecule has 0 aliphatic carbocycles. The van der Waals surface area contributed by atoms with E-state index >= 15 is 0 Å². The van der Waals surface area contributed by atoms with Gasteiger partial charge in [-0.15, -0.1) is 0 Å². The van der Waals surface area contributed by atoms with Crippen molar-refractivity contribution in [2.24, 2.45) is 0 Å². The lowest BCUT2D eigenvalue weighted by atomic mass is 10.0. The van der Waals surface area contributed by atoms with Crippen molar-refractivity contribution in [1.29, 1.82) is 0 Å². The molecule has 0 fully saturated rings. The van der Waals surface area contributed by atoms with E-state index < -0.39 is 91.5 Å². The monoisotopic (exact) mass is 1380 g/mol. The second-order valence-corrected chi connectivity index (χ2v) is 27.6. The highest BCUT2D eigenvalue weighted by atomic mass is 31.2. The van der Waals surface area contributed by atoms with Crippen molar-refractivity contribution < 1.29 is 75.8 Å². The van der Waals surface area contributed by atoms with Crippen molar-refractivity contribution in [1.82, 2.24) is 0 Å². The van der Waals surface area contributed by atoms with Gasteiger partial charge in [-0.05, 0) is 103 Å². The number of unbranched alkanes of at least 4 members (excludes halogenated alkanes) is 29. The molecule has 5 unspecified atom stereocenters. The van der Waals surface area contributed by atoms with Crippen molar-refractivity contribution in [3.05, 3.63) is 109 Å². The molecule has 18 heteroatoms. The van der Waals surface area contributed by atoms with Gasteiger partial charge in [0, 0.05) is 19.3 Å². The van der Waals surface area contributed by atoms with E-state index in [1.54, 1.807) is 0 Å². The molecule has 0 aromatic carbocycles. The van der Waals surface area contributed by atoms with Crippen LogP contribution in [0, 0.1) is 0 Å². The molecule has 95 heavy (non-hydrogen) atoms. The van der Waals surface area contributed by atoms with Crippen LogP contribution in [0.15, 0.2) is 109 Å². The fraction of sp³-hybridized carbons (Fsp3) is 0.727. The first-order valence-electron chi connectivity index (χ1n) is 37.2. The molecule has 0 heterocycles. The van der Waals surface area contributed by atoms with Gasteiger partial charge >= 0.3 is 33.6 Å². The van der Waals surface area contributed by atoms with Crippen LogP contribution in [0.4, 0.5) is 0 Å². The number of carbonyl (C=O) groups excluding carboxylic acids is 3. The SMILES string of the molecule is CC/C=C\C/C=C\C/C=C\C/C=C\C/C=C\CCCCCCCCCCCCCC(=O)OCC(O)COP(=O)(O)OCC(O)COP(=O)(O)OCC(COC(=O)CCCCCC/C=C\C/C=C\C/C=C\C/C=C\CC)OC(=O)CCCCCCCCCCCCCCCCC. The molecule has 548 valence electrons. The Morgan fingerprint density at radius 1 is 0.305 bits per heavy atom. The van der Waals surface area contributed by atoms with E-state index in [9.17, 15) is 43.5 Å². The molecular weight excluding hydrogens is 1240 g/mol. The Morgan fingerprint density at radius 2 is 0.558 bits per heavy atom. The number of esters is 3. The average Bonchev–Trinajstić information content (AvgIpc) is 2.05. The number of ether oxygens (including phenoxy) is 3. The topological polar surface area (TPSA) is 231 Å². The molecule has 4 N–H and O–H groups in total. The molecule has 0 aliphatic rings. The number of aliphatic hydroxyl groups excluding tert-OH is 2. The minimum Gasteiger partial charge on any atom is -0.463 e. The first-order chi connectivity index (χ1) is 46.2. The van der Waals surface area contributed by atoms with Gasteiger partial charge in [0.1, 0.15) is 25.4 Å². The van der Waals surface area contributed by atoms with E-state index in [0.29, 0.717) is 19.3 Å². The lowest BCUT2D eigenvalue weighted by molar-refractivity contribution is -0.161. The molecule has 0 radical (unpaired) electrons. The predicted molar refractivity (Wildman–Crippen MR) is 390 cm³/mol. The van der Waals surface area contributed by atoms with Crippen molar-refractivity contribution in [2.45, 2.75) is 322 Å². The maximum absolute atomic E-state index is 12.9. The molecule has 0 rings (SSSR count). The molecule has 0 aromatic rings. The van der Waals surface area contributed by atoms with Gasteiger partial charge in [-0.2, -0.15) is 0 Å². The second kappa shape index (κ2) is 70.1. The van der Waals surface area contributed by atoms with Crippen LogP contribution in [-0.4, -0.2) is 95.9 Å². The maximum atomic E-state index is 12.9. The molecule has 16 nitrogen and oxygen atoms in total. The summed E-state index contributed by atoms with van der Waals surface area (Å²) in [6.45, 7) is 2.44. The van der Waals surface area contributed by atoms with Crippen molar-refractivity contribution in [3.63, 3.8) is 0 Å². The van der Waals surface area contributed by atoms with Crippen LogP contribution in [0.2, 0.25) is 0 Å². The molecular formula is C77H134O16P2. The Labute approximate surface area is 577 Å². The molecule has 0 aromatic heterocycles. The lowest BCUT2D eigenvalue weighted by Crippen LogP contribution is -2.30. The molecule has 0 amide bonds. The summed E-state index contributed by atoms with van der Waals surface area (Å²) < 4.78 is 61.0. The van der Waals surface area contributed by atoms with Crippen LogP contribution >= 0.6 is 15.6 Å². The van der Waals surface area contributed by atoms with E-state index in [4.69, 9.17) is 32.3 Å². The van der Waals surface area contributed by atoms with Crippen LogP contribution in [0.5, 0.6) is 0 Å². The largest absolute Gasteiger partial charge is 0.472 e. The fourth-order valence-electron chi connectivity index (χ4n) is 9.88. The summed E-state index contributed by atoms with van der Waals surface area (Å²) >= 11 is 0. The number of allylic oxidation sites excluding steroid dienone is 18. The molecule has 0 spiro atoms. The maximum Gasteiger partial charge on any atom is 0.472 e. The Kier molecular flexibility index (Phi) is 67.3. The van der Waals surface area contributed by atoms with Crippen molar-refractivity contribution >= 4 is 33.6 Å². The van der Waals surface area contributed by atoms with E-state index in [1.807, 2.05) is 0 Å². The zero-order valence-corrected chi connectivity index (χ0v) is 61.4. The Balaban J connectivity index is 4.54. The van der Waals surface area contributed by atoms with Crippen LogP contribution in [0.25, 0.3) is 0 Å². The summed E-state index contributed by atoms with van der Waals surface area (Å²) in [5.41, 5.74) is 0. The van der Waals surface area contributed by atoms with Gasteiger partial charge in [0.05, 0.1) is 26.4 Å². The van der Waals surface area contributed by atoms with Gasteiger partial charge in [0.2, 0.25) is 0 Å². The number of phosphoric ester groups is 2. The fourth-order valence-corrected chi connectivity index (χ4v) is 11.5. The number of hydrogen-bond donors (Lipinski definition) is 4. The van der Waals surface area contributed by atoms with E-state index in [2.05, 4.69) is 130 Å². The van der Waals surface area contributed by atoms with Crippen LogP contribution in [0.1, 0.15) is 303 Å². The standard InChI is InChI=1S/C77H134O16P2/c1-4-7-10-13-16-19-22-25-28-30-31-32-33-34-35-36-37-38-39-41-44-45-48-51-54-57-60-63-75(80)87-66-72(78)67-89-94(83,84)90-68-73(79)69-91-95(85,86)92-71-74(93-77(82)65-62-59-56-53-50-47-42-27-24-21-18-15-12-9-6-3)70-88-76(81)64-61-58-55-52-49-46-43-40-29-26-23-20-17-14-11-8-5-2/h7-8,10-11,16-17,19-20,25-26,28-29,31-32,34-35,43,46,72-74,78-79H,4-6,9,12-15,18,21-24,27,30,33,36-42,44-45,47-71H2,1-3H3,(H,83,84)(H,85,86)/b10-7-,11-8-,19-16-,20-17-,28-25-,29-26-,32-31-,35-34-,46-43-. The first kappa shape index (κ1) is 91.2. The number of aliphatic hydroxyl groups is 2. The Bertz CT molecular complexity index is 2170. The van der Waals surface area contributed by atoms with Gasteiger partial charge in [-0.3, -0.25) is 32.5 Å². The van der Waals surface area contributed by atoms with Gasteiger partial charge < -0.3 is 34.2 Å². The Hall–Kier alpha value is -3.79. The third-order valence-corrected chi connectivity index (χ3v) is 17.4. The summed E-state index contributed by atoms with van der Waals surface area (Å²) in [4.78, 5) is 58.5. The van der Waals surface area contributed by atoms with Gasteiger partial charge in [0.15, 0.2) is 6.10 Å². The highest BCUT2D eigenvalue weighted by Crippen LogP contribution is 2.45. The average molecular weight is 1380 g/mol. The second-order valence-electron chi connectivity index (χ2n) is 24.7. The zero-order chi connectivity index (χ0) is 69.5. The first-order valence-corrected chi connectivity index (χ1v) is 40.2. The normalized spacial score (nSPS) is 14.7. The third kappa shape index (κ3) is 71.3. The smallest absolute Gasteiger partial charge is 0.463 e. The van der Waals surface area contributed by atoms with Crippen molar-refractivity contribution in [3.8, 4) is 0 Å². The quantitative estimate of drug-likeness (QED) is 0.0146. The number of carbonyl (C=O) groups is 3. The van der Waals surface area contributed by atoms with Gasteiger partial charge in [0.25, 0.3) is 0 Å². The molecule has 5 atom stereocenters. The molecule has 0 aliphatic heterocycles. The van der Waals surface area contributed by atoms with E-state index in [1.165, 1.54) is 109 Å². The van der Waals surface area contributed by atoms with Gasteiger partial charge in [-0.25, -0.2) is 9.13 Å². The number of rotatable bonds is 70. The van der Waals surface area contributed by atoms with E-state index in [-0.39, 0.29) is 19.3 Å². The highest BCUT2D eigenvalue weighted by Gasteiger charge is 2.29. The number of hydrogen-bond acceptors (Lipinski definition) is 14. The third-order valence-electron chi connectivity index (χ3n) is 15.5.